The van der Waals surface area contributed by atoms with Crippen LogP contribution < -0.4 is 0 Å². The largest absolute Gasteiger partial charge is 0.456 e. The molecule has 7 rings (SSSR count). The lowest BCUT2D eigenvalue weighted by atomic mass is 10.0. The van der Waals surface area contributed by atoms with E-state index >= 15 is 0 Å². The fraction of sp³-hybridized carbons (Fsp3) is 0. The second kappa shape index (κ2) is 7.09. The Balaban J connectivity index is 1.49. The monoisotopic (exact) mass is 487 g/mol. The van der Waals surface area contributed by atoms with Gasteiger partial charge in [0.15, 0.2) is 0 Å². The Bertz CT molecular complexity index is 1820. The summed E-state index contributed by atoms with van der Waals surface area (Å²) in [5, 5.41) is 4.79. The van der Waals surface area contributed by atoms with E-state index in [1.807, 2.05) is 12.1 Å². The maximum absolute atomic E-state index is 6.18. The van der Waals surface area contributed by atoms with Crippen LogP contribution in [0.4, 0.5) is 0 Å². The first-order valence-corrected chi connectivity index (χ1v) is 11.8. The summed E-state index contributed by atoms with van der Waals surface area (Å²) in [6.07, 6.45) is 0. The second-order valence-corrected chi connectivity index (χ2v) is 9.29. The van der Waals surface area contributed by atoms with Crippen molar-refractivity contribution in [2.24, 2.45) is 0 Å². The van der Waals surface area contributed by atoms with Crippen LogP contribution in [0, 0.1) is 0 Å². The molecule has 0 saturated heterocycles. The van der Waals surface area contributed by atoms with Crippen molar-refractivity contribution in [1.82, 2.24) is 4.57 Å². The van der Waals surface area contributed by atoms with E-state index in [4.69, 9.17) is 4.42 Å². The Morgan fingerprint density at radius 2 is 1.21 bits per heavy atom. The summed E-state index contributed by atoms with van der Waals surface area (Å²) in [6.45, 7) is 0. The summed E-state index contributed by atoms with van der Waals surface area (Å²) in [6, 6.07) is 38.6. The van der Waals surface area contributed by atoms with Crippen LogP contribution in [0.15, 0.2) is 118 Å². The van der Waals surface area contributed by atoms with E-state index in [0.29, 0.717) is 0 Å². The van der Waals surface area contributed by atoms with Crippen LogP contribution >= 0.6 is 15.9 Å². The van der Waals surface area contributed by atoms with Gasteiger partial charge in [-0.3, -0.25) is 0 Å². The molecule has 0 fully saturated rings. The van der Waals surface area contributed by atoms with Crippen LogP contribution in [0.25, 0.3) is 60.6 Å². The van der Waals surface area contributed by atoms with Gasteiger partial charge in [0.25, 0.3) is 0 Å². The van der Waals surface area contributed by atoms with Crippen molar-refractivity contribution in [3.8, 4) is 16.8 Å². The van der Waals surface area contributed by atoms with Crippen molar-refractivity contribution in [2.45, 2.75) is 0 Å². The predicted octanol–water partition coefficient (Wildman–Crippen LogP) is 9.11. The lowest BCUT2D eigenvalue weighted by molar-refractivity contribution is 0.668. The molecular weight excluding hydrogens is 470 g/mol. The third-order valence-corrected chi connectivity index (χ3v) is 7.00. The molecule has 0 aliphatic carbocycles. The number of nitrogens with zero attached hydrogens (tertiary/aromatic N) is 1. The molecule has 5 aromatic carbocycles. The van der Waals surface area contributed by atoms with E-state index < -0.39 is 0 Å². The molecule has 2 nitrogen and oxygen atoms in total. The molecule has 0 N–H and O–H groups in total. The molecule has 0 spiro atoms. The van der Waals surface area contributed by atoms with Gasteiger partial charge in [-0.15, -0.1) is 0 Å². The zero-order valence-corrected chi connectivity index (χ0v) is 19.2. The number of furan rings is 1. The van der Waals surface area contributed by atoms with Gasteiger partial charge < -0.3 is 8.98 Å². The smallest absolute Gasteiger partial charge is 0.137 e. The maximum Gasteiger partial charge on any atom is 0.137 e. The Labute approximate surface area is 198 Å². The zero-order chi connectivity index (χ0) is 21.9. The van der Waals surface area contributed by atoms with Gasteiger partial charge in [0.2, 0.25) is 0 Å². The highest BCUT2D eigenvalue weighted by Crippen LogP contribution is 2.37. The van der Waals surface area contributed by atoms with Crippen LogP contribution in [0.3, 0.4) is 0 Å². The highest BCUT2D eigenvalue weighted by Gasteiger charge is 2.15. The molecule has 0 aliphatic rings. The van der Waals surface area contributed by atoms with Crippen LogP contribution in [0.5, 0.6) is 0 Å². The summed E-state index contributed by atoms with van der Waals surface area (Å²) in [5.74, 6) is 0. The summed E-state index contributed by atoms with van der Waals surface area (Å²) >= 11 is 3.54. The van der Waals surface area contributed by atoms with Gasteiger partial charge in [0, 0.05) is 37.8 Å². The first-order chi connectivity index (χ1) is 16.3. The molecule has 0 unspecified atom stereocenters. The minimum absolute atomic E-state index is 0.908. The van der Waals surface area contributed by atoms with Crippen LogP contribution in [0.1, 0.15) is 0 Å². The van der Waals surface area contributed by atoms with E-state index in [9.17, 15) is 0 Å². The SMILES string of the molecule is Brc1ccc(-c2ccc3c(c2)c2ccccc2n3-c2ccc3c(c2)oc2ccccc23)cc1. The summed E-state index contributed by atoms with van der Waals surface area (Å²) in [7, 11) is 0. The van der Waals surface area contributed by atoms with Crippen molar-refractivity contribution in [3.05, 3.63) is 114 Å². The van der Waals surface area contributed by atoms with Gasteiger partial charge in [-0.2, -0.15) is 0 Å². The van der Waals surface area contributed by atoms with Crippen molar-refractivity contribution >= 4 is 59.7 Å². The lowest BCUT2D eigenvalue weighted by Crippen LogP contribution is -1.93. The van der Waals surface area contributed by atoms with E-state index in [1.54, 1.807) is 0 Å². The molecule has 33 heavy (non-hydrogen) atoms. The molecule has 0 saturated carbocycles. The highest BCUT2D eigenvalue weighted by atomic mass is 79.9. The maximum atomic E-state index is 6.18. The highest BCUT2D eigenvalue weighted by molar-refractivity contribution is 9.10. The fourth-order valence-electron chi connectivity index (χ4n) is 4.93. The number of para-hydroxylation sites is 2. The van der Waals surface area contributed by atoms with Crippen molar-refractivity contribution < 1.29 is 4.42 Å². The number of halogens is 1. The second-order valence-electron chi connectivity index (χ2n) is 8.37. The lowest BCUT2D eigenvalue weighted by Gasteiger charge is -2.08. The van der Waals surface area contributed by atoms with Crippen LogP contribution in [-0.2, 0) is 0 Å². The van der Waals surface area contributed by atoms with E-state index in [2.05, 4.69) is 118 Å². The van der Waals surface area contributed by atoms with Crippen LogP contribution in [0.2, 0.25) is 0 Å². The van der Waals surface area contributed by atoms with Gasteiger partial charge in [-0.25, -0.2) is 0 Å². The fourth-order valence-corrected chi connectivity index (χ4v) is 5.19. The van der Waals surface area contributed by atoms with E-state index in [-0.39, 0.29) is 0 Å². The molecule has 0 atom stereocenters. The molecule has 0 radical (unpaired) electrons. The number of hydrogen-bond donors (Lipinski definition) is 0. The van der Waals surface area contributed by atoms with Gasteiger partial charge in [-0.1, -0.05) is 70.5 Å². The first-order valence-electron chi connectivity index (χ1n) is 11.0. The quantitative estimate of drug-likeness (QED) is 0.237. The predicted molar refractivity (Wildman–Crippen MR) is 141 cm³/mol. The first kappa shape index (κ1) is 18.7. The standard InChI is InChI=1S/C30H18BrNO/c31-21-12-9-19(10-13-21)20-11-16-28-26(17-20)23-5-1-3-7-27(23)32(28)22-14-15-25-24-6-2-4-8-29(24)33-30(25)18-22/h1-18H. The Kier molecular flexibility index (Phi) is 4.02. The molecular formula is C30H18BrNO. The molecule has 0 amide bonds. The molecule has 156 valence electrons. The normalized spacial score (nSPS) is 11.8. The Hall–Kier alpha value is -3.82. The van der Waals surface area contributed by atoms with Crippen LogP contribution in [-0.4, -0.2) is 4.57 Å². The third-order valence-electron chi connectivity index (χ3n) is 6.47. The van der Waals surface area contributed by atoms with Crippen molar-refractivity contribution in [2.75, 3.05) is 0 Å². The number of rotatable bonds is 2. The number of hydrogen-bond acceptors (Lipinski definition) is 1. The topological polar surface area (TPSA) is 18.1 Å². The molecule has 3 heteroatoms. The number of benzene rings is 5. The van der Waals surface area contributed by atoms with Gasteiger partial charge >= 0.3 is 0 Å². The molecule has 7 aromatic rings. The van der Waals surface area contributed by atoms with Crippen molar-refractivity contribution in [3.63, 3.8) is 0 Å². The minimum Gasteiger partial charge on any atom is -0.456 e. The number of aromatic nitrogens is 1. The van der Waals surface area contributed by atoms with Gasteiger partial charge in [0.05, 0.1) is 11.0 Å². The molecule has 0 aliphatic heterocycles. The minimum atomic E-state index is 0.908. The third kappa shape index (κ3) is 2.86. The van der Waals surface area contributed by atoms with Crippen molar-refractivity contribution in [1.29, 1.82) is 0 Å². The summed E-state index contributed by atoms with van der Waals surface area (Å²) in [4.78, 5) is 0. The Morgan fingerprint density at radius 3 is 2.09 bits per heavy atom. The Morgan fingerprint density at radius 1 is 0.515 bits per heavy atom. The summed E-state index contributed by atoms with van der Waals surface area (Å²) in [5.41, 5.74) is 7.73. The van der Waals surface area contributed by atoms with E-state index in [1.165, 1.54) is 32.9 Å². The number of fused-ring (bicyclic) bond motifs is 6. The molecule has 0 bridgehead atoms. The molecule has 2 aromatic heterocycles. The van der Waals surface area contributed by atoms with E-state index in [0.717, 1.165) is 32.1 Å². The van der Waals surface area contributed by atoms with Gasteiger partial charge in [-0.05, 0) is 59.7 Å². The average molecular weight is 488 g/mol. The molecule has 2 heterocycles. The average Bonchev–Trinajstić information content (AvgIpc) is 3.39. The van der Waals surface area contributed by atoms with Gasteiger partial charge in [0.1, 0.15) is 11.2 Å². The summed E-state index contributed by atoms with van der Waals surface area (Å²) < 4.78 is 9.61. The zero-order valence-electron chi connectivity index (χ0n) is 17.6.